The maximum Gasteiger partial charge on any atom is 0.332 e. The Balaban J connectivity index is 2.33. The van der Waals surface area contributed by atoms with Crippen LogP contribution in [0.1, 0.15) is 27.7 Å². The number of imidazole rings is 1. The van der Waals surface area contributed by atoms with Crippen molar-refractivity contribution in [3.63, 3.8) is 0 Å². The normalized spacial score (nSPS) is 11.5. The summed E-state index contributed by atoms with van der Waals surface area (Å²) in [6, 6.07) is 3.28. The van der Waals surface area contributed by atoms with Gasteiger partial charge in [0.25, 0.3) is 5.91 Å². The number of carboxylic acids is 1. The van der Waals surface area contributed by atoms with Crippen molar-refractivity contribution < 1.29 is 14.7 Å². The van der Waals surface area contributed by atoms with Crippen molar-refractivity contribution in [2.45, 2.75) is 6.04 Å². The van der Waals surface area contributed by atoms with Crippen LogP contribution in [0.4, 0.5) is 0 Å². The Bertz CT molecular complexity index is 750. The SMILES string of the molecule is C#Cc1ccc(C(=O)N(C)C(C(=O)O)c2cnc[nH]2)cc1Cl. The minimum Gasteiger partial charge on any atom is -0.479 e. The van der Waals surface area contributed by atoms with Crippen LogP contribution in [0.2, 0.25) is 5.02 Å². The maximum atomic E-state index is 12.5. The minimum atomic E-state index is -1.18. The van der Waals surface area contributed by atoms with Gasteiger partial charge in [-0.05, 0) is 18.2 Å². The van der Waals surface area contributed by atoms with Crippen LogP contribution in [0.3, 0.4) is 0 Å². The summed E-state index contributed by atoms with van der Waals surface area (Å²) in [7, 11) is 1.39. The number of nitrogens with one attached hydrogen (secondary N) is 1. The summed E-state index contributed by atoms with van der Waals surface area (Å²) in [5, 5.41) is 9.61. The van der Waals surface area contributed by atoms with Crippen LogP contribution >= 0.6 is 11.6 Å². The zero-order valence-electron chi connectivity index (χ0n) is 11.6. The first-order valence-electron chi connectivity index (χ1n) is 6.20. The highest BCUT2D eigenvalue weighted by molar-refractivity contribution is 6.32. The summed E-state index contributed by atoms with van der Waals surface area (Å²) in [6.45, 7) is 0. The van der Waals surface area contributed by atoms with Crippen LogP contribution in [0.15, 0.2) is 30.7 Å². The van der Waals surface area contributed by atoms with E-state index in [4.69, 9.17) is 18.0 Å². The van der Waals surface area contributed by atoms with Crippen molar-refractivity contribution in [3.8, 4) is 12.3 Å². The molecule has 1 aromatic carbocycles. The predicted molar refractivity (Wildman–Crippen MR) is 80.4 cm³/mol. The molecule has 0 saturated heterocycles. The number of rotatable bonds is 4. The van der Waals surface area contributed by atoms with E-state index in [0.717, 1.165) is 4.90 Å². The Labute approximate surface area is 131 Å². The average Bonchev–Trinajstić information content (AvgIpc) is 2.99. The monoisotopic (exact) mass is 317 g/mol. The molecule has 0 aliphatic carbocycles. The molecule has 2 aromatic rings. The van der Waals surface area contributed by atoms with Crippen LogP contribution in [0, 0.1) is 12.3 Å². The molecule has 0 spiro atoms. The molecule has 2 N–H and O–H groups in total. The predicted octanol–water partition coefficient (Wildman–Crippen LogP) is 1.94. The summed E-state index contributed by atoms with van der Waals surface area (Å²) < 4.78 is 0. The van der Waals surface area contributed by atoms with Gasteiger partial charge in [-0.2, -0.15) is 0 Å². The first-order valence-corrected chi connectivity index (χ1v) is 6.58. The van der Waals surface area contributed by atoms with Crippen LogP contribution in [0.5, 0.6) is 0 Å². The molecule has 0 radical (unpaired) electrons. The first-order chi connectivity index (χ1) is 10.5. The third-order valence-corrected chi connectivity index (χ3v) is 3.44. The zero-order chi connectivity index (χ0) is 16.3. The number of hydrogen-bond acceptors (Lipinski definition) is 3. The summed E-state index contributed by atoms with van der Waals surface area (Å²) >= 11 is 5.97. The van der Waals surface area contributed by atoms with E-state index in [9.17, 15) is 14.7 Å². The summed E-state index contributed by atoms with van der Waals surface area (Å²) in [6.07, 6.45) is 7.98. The Kier molecular flexibility index (Phi) is 4.49. The average molecular weight is 318 g/mol. The molecular weight excluding hydrogens is 306 g/mol. The summed E-state index contributed by atoms with van der Waals surface area (Å²) in [4.78, 5) is 31.5. The third-order valence-electron chi connectivity index (χ3n) is 3.13. The lowest BCUT2D eigenvalue weighted by molar-refractivity contribution is -0.142. The van der Waals surface area contributed by atoms with Gasteiger partial charge in [-0.15, -0.1) is 6.42 Å². The molecule has 0 aliphatic heterocycles. The largest absolute Gasteiger partial charge is 0.479 e. The van der Waals surface area contributed by atoms with Gasteiger partial charge < -0.3 is 15.0 Å². The number of H-pyrrole nitrogens is 1. The molecule has 1 unspecified atom stereocenters. The van der Waals surface area contributed by atoms with Gasteiger partial charge >= 0.3 is 5.97 Å². The highest BCUT2D eigenvalue weighted by atomic mass is 35.5. The number of amides is 1. The molecule has 6 nitrogen and oxygen atoms in total. The van der Waals surface area contributed by atoms with Gasteiger partial charge in [0.15, 0.2) is 6.04 Å². The van der Waals surface area contributed by atoms with E-state index >= 15 is 0 Å². The Morgan fingerprint density at radius 2 is 2.23 bits per heavy atom. The summed E-state index contributed by atoms with van der Waals surface area (Å²) in [5.41, 5.74) is 1.01. The van der Waals surface area contributed by atoms with Crippen LogP contribution < -0.4 is 0 Å². The second-order valence-electron chi connectivity index (χ2n) is 4.50. The number of nitrogens with zero attached hydrogens (tertiary/aromatic N) is 2. The summed E-state index contributed by atoms with van der Waals surface area (Å²) in [5.74, 6) is 0.722. The molecule has 7 heteroatoms. The van der Waals surface area contributed by atoms with Crippen molar-refractivity contribution in [1.29, 1.82) is 0 Å². The van der Waals surface area contributed by atoms with E-state index in [1.54, 1.807) is 0 Å². The Hall–Kier alpha value is -2.78. The van der Waals surface area contributed by atoms with Crippen molar-refractivity contribution >= 4 is 23.5 Å². The molecule has 0 aliphatic rings. The lowest BCUT2D eigenvalue weighted by Crippen LogP contribution is -2.36. The second kappa shape index (κ2) is 6.33. The fourth-order valence-electron chi connectivity index (χ4n) is 2.01. The smallest absolute Gasteiger partial charge is 0.332 e. The quantitative estimate of drug-likeness (QED) is 0.844. The van der Waals surface area contributed by atoms with Gasteiger partial charge in [-0.25, -0.2) is 9.78 Å². The molecular formula is C15H12ClN3O3. The first kappa shape index (κ1) is 15.6. The van der Waals surface area contributed by atoms with Crippen LogP contribution in [-0.4, -0.2) is 38.9 Å². The van der Waals surface area contributed by atoms with Crippen LogP contribution in [0.25, 0.3) is 0 Å². The van der Waals surface area contributed by atoms with Crippen molar-refractivity contribution in [2.24, 2.45) is 0 Å². The number of carboxylic acid groups (broad SMARTS) is 1. The molecule has 1 heterocycles. The standard InChI is InChI=1S/C15H12ClN3O3/c1-3-9-4-5-10(6-11(9)16)14(20)19(2)13(15(21)22)12-7-17-8-18-12/h1,4-8,13H,2H3,(H,17,18)(H,21,22). The molecule has 22 heavy (non-hydrogen) atoms. The van der Waals surface area contributed by atoms with E-state index in [2.05, 4.69) is 15.9 Å². The number of terminal acetylenes is 1. The molecule has 112 valence electrons. The fraction of sp³-hybridized carbons (Fsp3) is 0.133. The van der Waals surface area contributed by atoms with E-state index in [0.29, 0.717) is 11.3 Å². The van der Waals surface area contributed by atoms with E-state index in [-0.39, 0.29) is 10.6 Å². The molecule has 0 fully saturated rings. The molecule has 1 atom stereocenters. The number of hydrogen-bond donors (Lipinski definition) is 2. The lowest BCUT2D eigenvalue weighted by atomic mass is 10.1. The number of aliphatic carboxylic acids is 1. The van der Waals surface area contributed by atoms with E-state index < -0.39 is 17.9 Å². The second-order valence-corrected chi connectivity index (χ2v) is 4.91. The minimum absolute atomic E-state index is 0.247. The number of carbonyl (C=O) groups is 2. The van der Waals surface area contributed by atoms with E-state index in [1.807, 2.05) is 0 Å². The van der Waals surface area contributed by atoms with E-state index in [1.165, 1.54) is 37.8 Å². The number of carbonyl (C=O) groups excluding carboxylic acids is 1. The number of benzene rings is 1. The molecule has 1 aromatic heterocycles. The Morgan fingerprint density at radius 1 is 1.50 bits per heavy atom. The van der Waals surface area contributed by atoms with Gasteiger partial charge in [-0.3, -0.25) is 4.79 Å². The topological polar surface area (TPSA) is 86.3 Å². The fourth-order valence-corrected chi connectivity index (χ4v) is 2.24. The van der Waals surface area contributed by atoms with Crippen molar-refractivity contribution in [1.82, 2.24) is 14.9 Å². The highest BCUT2D eigenvalue weighted by Crippen LogP contribution is 2.22. The van der Waals surface area contributed by atoms with Gasteiger partial charge in [0, 0.05) is 18.2 Å². The number of halogens is 1. The Morgan fingerprint density at radius 3 is 2.73 bits per heavy atom. The van der Waals surface area contributed by atoms with Gasteiger partial charge in [-0.1, -0.05) is 17.5 Å². The number of likely N-dealkylation sites (N-methyl/N-ethyl adjacent to an activating group) is 1. The number of aromatic amines is 1. The maximum absolute atomic E-state index is 12.5. The van der Waals surface area contributed by atoms with Crippen molar-refractivity contribution in [3.05, 3.63) is 52.6 Å². The van der Waals surface area contributed by atoms with Gasteiger partial charge in [0.2, 0.25) is 0 Å². The van der Waals surface area contributed by atoms with Gasteiger partial charge in [0.1, 0.15) is 0 Å². The molecule has 2 rings (SSSR count). The lowest BCUT2D eigenvalue weighted by Gasteiger charge is -2.24. The van der Waals surface area contributed by atoms with Gasteiger partial charge in [0.05, 0.1) is 23.2 Å². The highest BCUT2D eigenvalue weighted by Gasteiger charge is 2.30. The molecule has 0 saturated carbocycles. The van der Waals surface area contributed by atoms with Crippen LogP contribution in [-0.2, 0) is 4.79 Å². The third kappa shape index (κ3) is 2.95. The molecule has 1 amide bonds. The van der Waals surface area contributed by atoms with Crippen molar-refractivity contribution in [2.75, 3.05) is 7.05 Å². The zero-order valence-corrected chi connectivity index (χ0v) is 12.3. The number of aromatic nitrogens is 2. The molecule has 0 bridgehead atoms.